The number of nitrogens with two attached hydrogens (primary N) is 2. The van der Waals surface area contributed by atoms with Gasteiger partial charge in [0.1, 0.15) is 17.3 Å². The van der Waals surface area contributed by atoms with E-state index in [4.69, 9.17) is 31.9 Å². The van der Waals surface area contributed by atoms with Crippen molar-refractivity contribution in [2.24, 2.45) is 11.5 Å². The third kappa shape index (κ3) is 5.92. The molecule has 8 N–H and O–H groups in total. The standard InChI is InChI=1S/C7H10N2O4.C5H9NO4/c1-3-4(5(10)9-13-3)7(2,8)6(11)12;6-3(5(9)10)1-2-4(7)8/h8H2,1-2H3,(H,9,10)(H,11,12);3H,1-2,6H2,(H,7,8)(H,9,10)/t;3-/m.0/s1. The van der Waals surface area contributed by atoms with Gasteiger partial charge in [-0.2, -0.15) is 0 Å². The minimum atomic E-state index is -1.69. The van der Waals surface area contributed by atoms with Crippen LogP contribution in [0.1, 0.15) is 31.1 Å². The van der Waals surface area contributed by atoms with Crippen LogP contribution in [0.2, 0.25) is 0 Å². The van der Waals surface area contributed by atoms with Crippen LogP contribution in [-0.4, -0.2) is 49.5 Å². The molecular formula is C12H19N3O8. The molecule has 1 aromatic heterocycles. The Morgan fingerprint density at radius 3 is 2.13 bits per heavy atom. The highest BCUT2D eigenvalue weighted by Gasteiger charge is 2.37. The second-order valence-corrected chi connectivity index (χ2v) is 4.82. The molecule has 0 radical (unpaired) electrons. The summed E-state index contributed by atoms with van der Waals surface area (Å²) in [6, 6.07) is -1.06. The van der Waals surface area contributed by atoms with Crippen LogP contribution < -0.4 is 11.5 Å². The zero-order valence-electron chi connectivity index (χ0n) is 12.5. The topological polar surface area (TPSA) is 210 Å². The summed E-state index contributed by atoms with van der Waals surface area (Å²) in [5.74, 6) is -3.73. The number of nitrogens with zero attached hydrogens (tertiary/aromatic N) is 1. The van der Waals surface area contributed by atoms with E-state index in [1.807, 2.05) is 0 Å². The van der Waals surface area contributed by atoms with Gasteiger partial charge in [-0.1, -0.05) is 0 Å². The van der Waals surface area contributed by atoms with Crippen LogP contribution in [-0.2, 0) is 19.9 Å². The number of aromatic hydroxyl groups is 1. The smallest absolute Gasteiger partial charge is 0.328 e. The van der Waals surface area contributed by atoms with Gasteiger partial charge in [0.25, 0.3) is 5.88 Å². The molecule has 0 aromatic carbocycles. The van der Waals surface area contributed by atoms with Gasteiger partial charge in [0.2, 0.25) is 0 Å². The van der Waals surface area contributed by atoms with E-state index in [0.29, 0.717) is 0 Å². The zero-order valence-corrected chi connectivity index (χ0v) is 12.5. The summed E-state index contributed by atoms with van der Waals surface area (Å²) in [6.07, 6.45) is -0.224. The van der Waals surface area contributed by atoms with Crippen LogP contribution in [0, 0.1) is 6.92 Å². The summed E-state index contributed by atoms with van der Waals surface area (Å²) in [4.78, 5) is 30.6. The highest BCUT2D eigenvalue weighted by molar-refractivity contribution is 5.81. The van der Waals surface area contributed by atoms with E-state index in [2.05, 4.69) is 9.68 Å². The molecule has 11 nitrogen and oxygen atoms in total. The quantitative estimate of drug-likeness (QED) is 0.379. The van der Waals surface area contributed by atoms with Gasteiger partial charge in [-0.15, -0.1) is 0 Å². The van der Waals surface area contributed by atoms with Gasteiger partial charge in [-0.05, 0) is 25.4 Å². The first-order valence-corrected chi connectivity index (χ1v) is 6.29. The molecule has 0 aliphatic rings. The lowest BCUT2D eigenvalue weighted by molar-refractivity contribution is -0.143. The highest BCUT2D eigenvalue weighted by Crippen LogP contribution is 2.29. The van der Waals surface area contributed by atoms with Gasteiger partial charge in [0, 0.05) is 6.42 Å². The van der Waals surface area contributed by atoms with Crippen molar-refractivity contribution in [3.63, 3.8) is 0 Å². The summed E-state index contributed by atoms with van der Waals surface area (Å²) >= 11 is 0. The second-order valence-electron chi connectivity index (χ2n) is 4.82. The van der Waals surface area contributed by atoms with E-state index in [-0.39, 0.29) is 24.2 Å². The molecule has 130 valence electrons. The maximum absolute atomic E-state index is 10.7. The summed E-state index contributed by atoms with van der Waals surface area (Å²) in [5, 5.41) is 37.4. The molecule has 0 bridgehead atoms. The van der Waals surface area contributed by atoms with Crippen molar-refractivity contribution < 1.29 is 39.3 Å². The van der Waals surface area contributed by atoms with E-state index < -0.39 is 35.4 Å². The van der Waals surface area contributed by atoms with E-state index in [0.717, 1.165) is 0 Å². The number of hydrogen-bond donors (Lipinski definition) is 6. The molecule has 0 saturated carbocycles. The number of aryl methyl sites for hydroxylation is 1. The number of hydrogen-bond acceptors (Lipinski definition) is 8. The Morgan fingerprint density at radius 1 is 1.30 bits per heavy atom. The molecule has 1 heterocycles. The average Bonchev–Trinajstić information content (AvgIpc) is 2.76. The van der Waals surface area contributed by atoms with Gasteiger partial charge in [-0.25, -0.2) is 4.79 Å². The molecule has 0 aliphatic heterocycles. The normalized spacial score (nSPS) is 14.1. The van der Waals surface area contributed by atoms with Gasteiger partial charge < -0.3 is 36.4 Å². The van der Waals surface area contributed by atoms with Crippen molar-refractivity contribution in [1.29, 1.82) is 0 Å². The fourth-order valence-corrected chi connectivity index (χ4v) is 1.47. The van der Waals surface area contributed by atoms with Crippen molar-refractivity contribution in [2.45, 2.75) is 38.3 Å². The molecule has 0 fully saturated rings. The Morgan fingerprint density at radius 2 is 1.83 bits per heavy atom. The molecule has 0 spiro atoms. The van der Waals surface area contributed by atoms with Crippen molar-refractivity contribution >= 4 is 17.9 Å². The number of carboxylic acid groups (broad SMARTS) is 3. The van der Waals surface area contributed by atoms with E-state index in [9.17, 15) is 14.4 Å². The Kier molecular flexibility index (Phi) is 7.16. The second kappa shape index (κ2) is 8.10. The van der Waals surface area contributed by atoms with E-state index in [1.165, 1.54) is 13.8 Å². The van der Waals surface area contributed by atoms with Gasteiger partial charge >= 0.3 is 17.9 Å². The maximum Gasteiger partial charge on any atom is 0.328 e. The molecule has 0 saturated heterocycles. The number of aliphatic carboxylic acids is 3. The largest absolute Gasteiger partial charge is 0.491 e. The van der Waals surface area contributed by atoms with Crippen molar-refractivity contribution in [1.82, 2.24) is 5.16 Å². The molecule has 23 heavy (non-hydrogen) atoms. The molecule has 2 atom stereocenters. The highest BCUT2D eigenvalue weighted by atomic mass is 16.5. The number of aromatic nitrogens is 1. The van der Waals surface area contributed by atoms with Crippen LogP contribution in [0.5, 0.6) is 5.88 Å². The number of carboxylic acids is 3. The summed E-state index contributed by atoms with van der Waals surface area (Å²) < 4.78 is 4.59. The first-order chi connectivity index (χ1) is 10.4. The number of carbonyl (C=O) groups is 3. The first-order valence-electron chi connectivity index (χ1n) is 6.29. The van der Waals surface area contributed by atoms with Crippen LogP contribution >= 0.6 is 0 Å². The predicted molar refractivity (Wildman–Crippen MR) is 74.6 cm³/mol. The lowest BCUT2D eigenvalue weighted by Crippen LogP contribution is -2.41. The fourth-order valence-electron chi connectivity index (χ4n) is 1.47. The lowest BCUT2D eigenvalue weighted by atomic mass is 9.94. The van der Waals surface area contributed by atoms with Gasteiger partial charge in [0.05, 0.1) is 5.56 Å². The van der Waals surface area contributed by atoms with Crippen LogP contribution in [0.4, 0.5) is 0 Å². The van der Waals surface area contributed by atoms with Crippen LogP contribution in [0.15, 0.2) is 4.52 Å². The van der Waals surface area contributed by atoms with Crippen LogP contribution in [0.25, 0.3) is 0 Å². The minimum Gasteiger partial charge on any atom is -0.491 e. The Balaban J connectivity index is 0.000000438. The van der Waals surface area contributed by atoms with Crippen molar-refractivity contribution in [2.75, 3.05) is 0 Å². The Hall–Kier alpha value is -2.66. The monoisotopic (exact) mass is 333 g/mol. The molecule has 1 unspecified atom stereocenters. The summed E-state index contributed by atoms with van der Waals surface area (Å²) in [7, 11) is 0. The molecule has 0 aliphatic carbocycles. The molecular weight excluding hydrogens is 314 g/mol. The SMILES string of the molecule is Cc1onc(O)c1C(C)(N)C(=O)O.N[C@@H](CCC(=O)O)C(=O)O. The maximum atomic E-state index is 10.7. The zero-order chi connectivity index (χ0) is 18.4. The predicted octanol–water partition coefficient (Wildman–Crippen LogP) is -0.790. The lowest BCUT2D eigenvalue weighted by Gasteiger charge is -2.17. The summed E-state index contributed by atoms with van der Waals surface area (Å²) in [6.45, 7) is 2.74. The van der Waals surface area contributed by atoms with Crippen LogP contribution in [0.3, 0.4) is 0 Å². The number of rotatable bonds is 6. The molecule has 0 amide bonds. The molecule has 11 heteroatoms. The Bertz CT molecular complexity index is 561. The minimum absolute atomic E-state index is 0.000000000000000444. The van der Waals surface area contributed by atoms with Gasteiger partial charge in [-0.3, -0.25) is 9.59 Å². The third-order valence-corrected chi connectivity index (χ3v) is 2.79. The van der Waals surface area contributed by atoms with E-state index in [1.54, 1.807) is 0 Å². The molecule has 1 rings (SSSR count). The van der Waals surface area contributed by atoms with Crippen molar-refractivity contribution in [3.05, 3.63) is 11.3 Å². The Labute approximate surface area is 130 Å². The van der Waals surface area contributed by atoms with Gasteiger partial charge in [0.15, 0.2) is 0 Å². The van der Waals surface area contributed by atoms with Crippen molar-refractivity contribution in [3.8, 4) is 5.88 Å². The summed E-state index contributed by atoms with van der Waals surface area (Å²) in [5.41, 5.74) is 8.78. The fraction of sp³-hybridized carbons (Fsp3) is 0.500. The van der Waals surface area contributed by atoms with E-state index >= 15 is 0 Å². The average molecular weight is 333 g/mol. The third-order valence-electron chi connectivity index (χ3n) is 2.79. The first kappa shape index (κ1) is 20.3. The molecule has 1 aromatic rings.